The van der Waals surface area contributed by atoms with Crippen LogP contribution in [-0.4, -0.2) is 12.3 Å². The Labute approximate surface area is 139 Å². The summed E-state index contributed by atoms with van der Waals surface area (Å²) < 4.78 is 19.9. The van der Waals surface area contributed by atoms with Crippen LogP contribution in [0, 0.1) is 5.41 Å². The molecule has 1 saturated heterocycles. The van der Waals surface area contributed by atoms with Crippen LogP contribution in [0.2, 0.25) is 0 Å². The van der Waals surface area contributed by atoms with Gasteiger partial charge in [-0.3, -0.25) is 0 Å². The molecular formula is C16H22O8. The highest BCUT2D eigenvalue weighted by molar-refractivity contribution is 5.65. The number of hydrogen-bond acceptors (Lipinski definition) is 8. The topological polar surface area (TPSA) is 97.3 Å². The van der Waals surface area contributed by atoms with Gasteiger partial charge >= 0.3 is 18.0 Å². The van der Waals surface area contributed by atoms with Gasteiger partial charge < -0.3 is 18.3 Å². The van der Waals surface area contributed by atoms with Gasteiger partial charge in [0.1, 0.15) is 6.10 Å². The normalized spacial score (nSPS) is 18.3. The van der Waals surface area contributed by atoms with Gasteiger partial charge in [-0.1, -0.05) is 47.6 Å². The van der Waals surface area contributed by atoms with E-state index in [-0.39, 0.29) is 16.9 Å². The number of cyclic esters (lactones) is 2. The average molecular weight is 342 g/mol. The monoisotopic (exact) mass is 342 g/mol. The van der Waals surface area contributed by atoms with Gasteiger partial charge in [-0.2, -0.15) is 0 Å². The molecule has 1 aliphatic rings. The zero-order valence-electron chi connectivity index (χ0n) is 14.6. The van der Waals surface area contributed by atoms with E-state index in [0.717, 1.165) is 0 Å². The Morgan fingerprint density at radius 1 is 1.08 bits per heavy atom. The molecule has 2 heterocycles. The van der Waals surface area contributed by atoms with Gasteiger partial charge in [0.05, 0.1) is 0 Å². The Morgan fingerprint density at radius 3 is 2.08 bits per heavy atom. The fourth-order valence-electron chi connectivity index (χ4n) is 2.02. The van der Waals surface area contributed by atoms with E-state index in [0.29, 0.717) is 0 Å². The molecule has 0 aromatic carbocycles. The highest BCUT2D eigenvalue weighted by Crippen LogP contribution is 2.43. The van der Waals surface area contributed by atoms with Crippen LogP contribution in [0.25, 0.3) is 0 Å². The summed E-state index contributed by atoms with van der Waals surface area (Å²) in [5.74, 6) is -3.19. The predicted molar refractivity (Wildman–Crippen MR) is 80.8 cm³/mol. The van der Waals surface area contributed by atoms with Crippen LogP contribution in [-0.2, 0) is 30.6 Å². The molecule has 0 aliphatic carbocycles. The van der Waals surface area contributed by atoms with Crippen molar-refractivity contribution >= 4 is 6.16 Å². The van der Waals surface area contributed by atoms with Crippen molar-refractivity contribution in [1.29, 1.82) is 0 Å². The van der Waals surface area contributed by atoms with E-state index in [1.54, 1.807) is 20.8 Å². The maximum absolute atomic E-state index is 11.5. The largest absolute Gasteiger partial charge is 0.519 e. The molecule has 1 unspecified atom stereocenters. The van der Waals surface area contributed by atoms with Crippen molar-refractivity contribution in [2.75, 3.05) is 0 Å². The molecule has 24 heavy (non-hydrogen) atoms. The third-order valence-electron chi connectivity index (χ3n) is 3.30. The maximum atomic E-state index is 11.5. The molecule has 134 valence electrons. The average Bonchev–Trinajstić information content (AvgIpc) is 2.77. The predicted octanol–water partition coefficient (Wildman–Crippen LogP) is 3.36. The number of hydrogen-bond donors (Lipinski definition) is 0. The molecule has 2 rings (SSSR count). The standard InChI is InChI=1S/C16H22O8/c1-8-9(14(2,3)4)23-24-16(21-13(18)22-16)11-10(15(5,6)7)19-12(17)20-11/h8-9H,1H2,2-7H3. The Balaban J connectivity index is 2.35. The van der Waals surface area contributed by atoms with Crippen molar-refractivity contribution in [1.82, 2.24) is 0 Å². The van der Waals surface area contributed by atoms with Gasteiger partial charge in [0.2, 0.25) is 0 Å². The van der Waals surface area contributed by atoms with Gasteiger partial charge in [-0.25, -0.2) is 14.5 Å². The number of ether oxygens (including phenoxy) is 2. The first kappa shape index (κ1) is 18.3. The Kier molecular flexibility index (Phi) is 4.41. The summed E-state index contributed by atoms with van der Waals surface area (Å²) >= 11 is 0. The first-order chi connectivity index (χ1) is 10.9. The van der Waals surface area contributed by atoms with Crippen LogP contribution in [0.15, 0.2) is 26.3 Å². The molecular weight excluding hydrogens is 320 g/mol. The van der Waals surface area contributed by atoms with Crippen molar-refractivity contribution in [3.63, 3.8) is 0 Å². The Morgan fingerprint density at radius 2 is 1.67 bits per heavy atom. The quantitative estimate of drug-likeness (QED) is 0.348. The van der Waals surface area contributed by atoms with Gasteiger partial charge in [0.15, 0.2) is 5.76 Å². The van der Waals surface area contributed by atoms with E-state index < -0.39 is 29.5 Å². The van der Waals surface area contributed by atoms with Crippen molar-refractivity contribution in [3.8, 4) is 0 Å². The lowest BCUT2D eigenvalue weighted by atomic mass is 9.89. The summed E-state index contributed by atoms with van der Waals surface area (Å²) in [6.07, 6.45) is -0.00748. The molecule has 1 aromatic rings. The van der Waals surface area contributed by atoms with Crippen molar-refractivity contribution in [3.05, 3.63) is 34.8 Å². The highest BCUT2D eigenvalue weighted by Gasteiger charge is 2.61. The fraction of sp³-hybridized carbons (Fsp3) is 0.625. The lowest BCUT2D eigenvalue weighted by Crippen LogP contribution is -2.51. The molecule has 0 saturated carbocycles. The summed E-state index contributed by atoms with van der Waals surface area (Å²) in [5, 5.41) is 0. The van der Waals surface area contributed by atoms with Gasteiger partial charge in [0, 0.05) is 5.41 Å². The van der Waals surface area contributed by atoms with E-state index in [2.05, 4.69) is 6.58 Å². The summed E-state index contributed by atoms with van der Waals surface area (Å²) in [7, 11) is 0. The molecule has 1 aliphatic heterocycles. The van der Waals surface area contributed by atoms with Crippen LogP contribution >= 0.6 is 0 Å². The van der Waals surface area contributed by atoms with Gasteiger partial charge in [-0.05, 0) is 5.41 Å². The Hall–Kier alpha value is -2.06. The molecule has 0 spiro atoms. The SMILES string of the molecule is C=CC(OOC1(c2oc(=O)oc2C(C)(C)C)OC(=O)O1)C(C)(C)C. The molecule has 0 N–H and O–H groups in total. The van der Waals surface area contributed by atoms with Crippen LogP contribution in [0.3, 0.4) is 0 Å². The summed E-state index contributed by atoms with van der Waals surface area (Å²) in [6, 6.07) is 0. The zero-order valence-corrected chi connectivity index (χ0v) is 14.6. The molecule has 1 atom stereocenters. The highest BCUT2D eigenvalue weighted by atomic mass is 17.3. The van der Waals surface area contributed by atoms with Gasteiger partial charge in [0.25, 0.3) is 5.76 Å². The van der Waals surface area contributed by atoms with Crippen molar-refractivity contribution in [2.45, 2.75) is 59.0 Å². The molecule has 8 nitrogen and oxygen atoms in total. The smallest absolute Gasteiger partial charge is 0.395 e. The first-order valence-electron chi connectivity index (χ1n) is 7.43. The summed E-state index contributed by atoms with van der Waals surface area (Å²) in [5.41, 5.74) is -0.980. The number of rotatable bonds is 5. The van der Waals surface area contributed by atoms with E-state index in [1.165, 1.54) is 6.08 Å². The van der Waals surface area contributed by atoms with Crippen molar-refractivity contribution < 1.29 is 32.9 Å². The van der Waals surface area contributed by atoms with E-state index >= 15 is 0 Å². The molecule has 0 bridgehead atoms. The van der Waals surface area contributed by atoms with E-state index in [9.17, 15) is 9.59 Å². The van der Waals surface area contributed by atoms with E-state index in [1.807, 2.05) is 20.8 Å². The minimum Gasteiger partial charge on any atom is -0.395 e. The van der Waals surface area contributed by atoms with Crippen LogP contribution in [0.4, 0.5) is 4.79 Å². The molecule has 0 amide bonds. The molecule has 0 radical (unpaired) electrons. The maximum Gasteiger partial charge on any atom is 0.519 e. The molecule has 1 fully saturated rings. The zero-order chi connectivity index (χ0) is 18.3. The fourth-order valence-corrected chi connectivity index (χ4v) is 2.02. The van der Waals surface area contributed by atoms with Crippen LogP contribution < -0.4 is 5.82 Å². The van der Waals surface area contributed by atoms with Crippen LogP contribution in [0.5, 0.6) is 0 Å². The van der Waals surface area contributed by atoms with Gasteiger partial charge in [-0.15, -0.1) is 11.5 Å². The second kappa shape index (κ2) is 5.78. The number of carbonyl (C=O) groups is 1. The third kappa shape index (κ3) is 3.39. The summed E-state index contributed by atoms with van der Waals surface area (Å²) in [6.45, 7) is 14.7. The van der Waals surface area contributed by atoms with Crippen molar-refractivity contribution in [2.24, 2.45) is 5.41 Å². The second-order valence-electron chi connectivity index (χ2n) is 7.57. The minimum absolute atomic E-state index is 0.120. The second-order valence-corrected chi connectivity index (χ2v) is 7.57. The lowest BCUT2D eigenvalue weighted by molar-refractivity contribution is -0.547. The molecule has 8 heteroatoms. The summed E-state index contributed by atoms with van der Waals surface area (Å²) in [4.78, 5) is 33.3. The number of carbonyl (C=O) groups excluding carboxylic acids is 1. The lowest BCUT2D eigenvalue weighted by Gasteiger charge is -2.37. The third-order valence-corrected chi connectivity index (χ3v) is 3.30. The van der Waals surface area contributed by atoms with Crippen LogP contribution in [0.1, 0.15) is 53.1 Å². The Bertz CT molecular complexity index is 674. The molecule has 1 aromatic heterocycles. The minimum atomic E-state index is -2.13. The first-order valence-corrected chi connectivity index (χ1v) is 7.43. The van der Waals surface area contributed by atoms with E-state index in [4.69, 9.17) is 28.1 Å².